The van der Waals surface area contributed by atoms with Gasteiger partial charge in [-0.3, -0.25) is 4.98 Å². The van der Waals surface area contributed by atoms with E-state index in [2.05, 4.69) is 4.98 Å². The Labute approximate surface area is 151 Å². The van der Waals surface area contributed by atoms with Crippen molar-refractivity contribution in [3.63, 3.8) is 0 Å². The van der Waals surface area contributed by atoms with Crippen molar-refractivity contribution in [2.45, 2.75) is 0 Å². The summed E-state index contributed by atoms with van der Waals surface area (Å²) in [4.78, 5) is 9.12. The standard InChI is InChI=1S/C22H16N2O2/c25-17-7-5-6-15(12-17)20-13-16(19-9-3-4-11-23-19)14-21(24-20)18-8-1-2-10-22(18)26/h1-14,25-26H. The van der Waals surface area contributed by atoms with E-state index < -0.39 is 0 Å². The van der Waals surface area contributed by atoms with Gasteiger partial charge < -0.3 is 10.2 Å². The highest BCUT2D eigenvalue weighted by molar-refractivity contribution is 5.77. The van der Waals surface area contributed by atoms with Gasteiger partial charge in [0.15, 0.2) is 0 Å². The van der Waals surface area contributed by atoms with Crippen LogP contribution in [-0.4, -0.2) is 20.2 Å². The van der Waals surface area contributed by atoms with Crippen LogP contribution in [0.1, 0.15) is 0 Å². The Morgan fingerprint density at radius 1 is 0.615 bits per heavy atom. The molecule has 2 N–H and O–H groups in total. The fraction of sp³-hybridized carbons (Fsp3) is 0. The van der Waals surface area contributed by atoms with Crippen molar-refractivity contribution in [2.24, 2.45) is 0 Å². The summed E-state index contributed by atoms with van der Waals surface area (Å²) in [5.74, 6) is 0.344. The van der Waals surface area contributed by atoms with Crippen molar-refractivity contribution >= 4 is 0 Å². The number of aromatic hydroxyl groups is 2. The normalized spacial score (nSPS) is 10.6. The third kappa shape index (κ3) is 3.13. The fourth-order valence-electron chi connectivity index (χ4n) is 2.85. The molecule has 2 aromatic carbocycles. The summed E-state index contributed by atoms with van der Waals surface area (Å²) in [6.07, 6.45) is 1.74. The largest absolute Gasteiger partial charge is 0.508 e. The molecule has 0 amide bonds. The molecule has 4 rings (SSSR count). The topological polar surface area (TPSA) is 66.2 Å². The number of benzene rings is 2. The molecule has 0 unspecified atom stereocenters. The molecule has 0 aliphatic carbocycles. The molecule has 2 aromatic heterocycles. The number of nitrogens with zero attached hydrogens (tertiary/aromatic N) is 2. The molecular weight excluding hydrogens is 324 g/mol. The summed E-state index contributed by atoms with van der Waals surface area (Å²) >= 11 is 0. The van der Waals surface area contributed by atoms with E-state index >= 15 is 0 Å². The molecule has 0 saturated carbocycles. The van der Waals surface area contributed by atoms with Gasteiger partial charge in [0, 0.05) is 22.9 Å². The second-order valence-electron chi connectivity index (χ2n) is 5.91. The Kier molecular flexibility index (Phi) is 4.07. The van der Waals surface area contributed by atoms with Crippen molar-refractivity contribution in [1.29, 1.82) is 0 Å². The van der Waals surface area contributed by atoms with E-state index in [1.54, 1.807) is 36.5 Å². The molecule has 0 radical (unpaired) electrons. The molecular formula is C22H16N2O2. The molecule has 0 spiro atoms. The van der Waals surface area contributed by atoms with E-state index in [-0.39, 0.29) is 11.5 Å². The van der Waals surface area contributed by atoms with Crippen LogP contribution in [0.25, 0.3) is 33.8 Å². The van der Waals surface area contributed by atoms with Gasteiger partial charge in [0.1, 0.15) is 11.5 Å². The van der Waals surface area contributed by atoms with Crippen molar-refractivity contribution in [2.75, 3.05) is 0 Å². The minimum Gasteiger partial charge on any atom is -0.508 e. The average Bonchev–Trinajstić information content (AvgIpc) is 2.69. The van der Waals surface area contributed by atoms with E-state index in [1.165, 1.54) is 0 Å². The average molecular weight is 340 g/mol. The van der Waals surface area contributed by atoms with Crippen LogP contribution < -0.4 is 0 Å². The zero-order chi connectivity index (χ0) is 17.9. The van der Waals surface area contributed by atoms with Gasteiger partial charge in [0.05, 0.1) is 17.1 Å². The minimum absolute atomic E-state index is 0.167. The smallest absolute Gasteiger partial charge is 0.124 e. The van der Waals surface area contributed by atoms with Gasteiger partial charge in [-0.25, -0.2) is 4.98 Å². The second kappa shape index (κ2) is 6.69. The lowest BCUT2D eigenvalue weighted by Gasteiger charge is -2.11. The summed E-state index contributed by atoms with van der Waals surface area (Å²) in [6.45, 7) is 0. The molecule has 0 fully saturated rings. The van der Waals surface area contributed by atoms with Gasteiger partial charge in [-0.1, -0.05) is 30.3 Å². The van der Waals surface area contributed by atoms with Crippen LogP contribution in [-0.2, 0) is 0 Å². The van der Waals surface area contributed by atoms with Gasteiger partial charge >= 0.3 is 0 Å². The molecule has 4 nitrogen and oxygen atoms in total. The lowest BCUT2D eigenvalue weighted by Crippen LogP contribution is -1.92. The lowest BCUT2D eigenvalue weighted by molar-refractivity contribution is 0.475. The van der Waals surface area contributed by atoms with Gasteiger partial charge in [0.2, 0.25) is 0 Å². The number of para-hydroxylation sites is 1. The number of hydrogen-bond donors (Lipinski definition) is 2. The molecule has 4 heteroatoms. The Bertz CT molecular complexity index is 1060. The number of phenols is 2. The molecule has 0 aliphatic rings. The Balaban J connectivity index is 1.95. The Hall–Kier alpha value is -3.66. The van der Waals surface area contributed by atoms with Gasteiger partial charge in [-0.2, -0.15) is 0 Å². The highest BCUT2D eigenvalue weighted by atomic mass is 16.3. The minimum atomic E-state index is 0.167. The molecule has 126 valence electrons. The monoisotopic (exact) mass is 340 g/mol. The van der Waals surface area contributed by atoms with Crippen LogP contribution >= 0.6 is 0 Å². The number of phenolic OH excluding ortho intramolecular Hbond substituents is 2. The number of pyridine rings is 2. The maximum atomic E-state index is 10.2. The van der Waals surface area contributed by atoms with Crippen LogP contribution in [0.2, 0.25) is 0 Å². The first-order valence-electron chi connectivity index (χ1n) is 8.22. The van der Waals surface area contributed by atoms with Gasteiger partial charge in [-0.05, 0) is 48.5 Å². The maximum Gasteiger partial charge on any atom is 0.124 e. The third-order valence-corrected chi connectivity index (χ3v) is 4.11. The van der Waals surface area contributed by atoms with Crippen LogP contribution in [0.4, 0.5) is 0 Å². The first-order valence-corrected chi connectivity index (χ1v) is 8.22. The summed E-state index contributed by atoms with van der Waals surface area (Å²) in [5.41, 5.74) is 4.48. The molecule has 2 heterocycles. The van der Waals surface area contributed by atoms with Crippen LogP contribution in [0.15, 0.2) is 85.1 Å². The number of rotatable bonds is 3. The SMILES string of the molecule is Oc1cccc(-c2cc(-c3ccccn3)cc(-c3ccccc3O)n2)c1. The van der Waals surface area contributed by atoms with Crippen molar-refractivity contribution in [3.05, 3.63) is 85.1 Å². The zero-order valence-corrected chi connectivity index (χ0v) is 13.9. The molecule has 0 bridgehead atoms. The predicted molar refractivity (Wildman–Crippen MR) is 102 cm³/mol. The molecule has 0 atom stereocenters. The van der Waals surface area contributed by atoms with Gasteiger partial charge in [0.25, 0.3) is 0 Å². The molecule has 0 aliphatic heterocycles. The summed E-state index contributed by atoms with van der Waals surface area (Å²) in [7, 11) is 0. The summed E-state index contributed by atoms with van der Waals surface area (Å²) in [5, 5.41) is 20.0. The van der Waals surface area contributed by atoms with Crippen LogP contribution in [0, 0.1) is 0 Å². The zero-order valence-electron chi connectivity index (χ0n) is 13.9. The second-order valence-corrected chi connectivity index (χ2v) is 5.91. The Morgan fingerprint density at radius 3 is 2.19 bits per heavy atom. The summed E-state index contributed by atoms with van der Waals surface area (Å²) < 4.78 is 0. The van der Waals surface area contributed by atoms with E-state index in [0.29, 0.717) is 17.0 Å². The Morgan fingerprint density at radius 2 is 1.42 bits per heavy atom. The van der Waals surface area contributed by atoms with Gasteiger partial charge in [-0.15, -0.1) is 0 Å². The first-order chi connectivity index (χ1) is 12.7. The van der Waals surface area contributed by atoms with E-state index in [0.717, 1.165) is 16.8 Å². The van der Waals surface area contributed by atoms with Crippen molar-refractivity contribution < 1.29 is 10.2 Å². The van der Waals surface area contributed by atoms with E-state index in [9.17, 15) is 10.2 Å². The van der Waals surface area contributed by atoms with Crippen LogP contribution in [0.5, 0.6) is 11.5 Å². The maximum absolute atomic E-state index is 10.2. The molecule has 0 saturated heterocycles. The highest BCUT2D eigenvalue weighted by Crippen LogP contribution is 2.33. The third-order valence-electron chi connectivity index (χ3n) is 4.11. The quantitative estimate of drug-likeness (QED) is 0.557. The first kappa shape index (κ1) is 15.8. The highest BCUT2D eigenvalue weighted by Gasteiger charge is 2.12. The lowest BCUT2D eigenvalue weighted by atomic mass is 10.0. The molecule has 4 aromatic rings. The van der Waals surface area contributed by atoms with Crippen LogP contribution in [0.3, 0.4) is 0 Å². The molecule has 26 heavy (non-hydrogen) atoms. The fourth-order valence-corrected chi connectivity index (χ4v) is 2.85. The summed E-state index contributed by atoms with van der Waals surface area (Å²) in [6, 6.07) is 23.6. The number of aromatic nitrogens is 2. The van der Waals surface area contributed by atoms with Crippen molar-refractivity contribution in [3.8, 4) is 45.3 Å². The number of hydrogen-bond acceptors (Lipinski definition) is 4. The van der Waals surface area contributed by atoms with E-state index in [1.807, 2.05) is 48.5 Å². The van der Waals surface area contributed by atoms with Crippen molar-refractivity contribution in [1.82, 2.24) is 9.97 Å². The van der Waals surface area contributed by atoms with E-state index in [4.69, 9.17) is 4.98 Å². The predicted octanol–water partition coefficient (Wildman–Crippen LogP) is 4.89.